The van der Waals surface area contributed by atoms with E-state index in [0.29, 0.717) is 44.2 Å². The van der Waals surface area contributed by atoms with Crippen LogP contribution in [0.3, 0.4) is 0 Å². The number of aliphatic hydroxyl groups is 1. The lowest BCUT2D eigenvalue weighted by Gasteiger charge is -2.45. The highest BCUT2D eigenvalue weighted by atomic mass is 19.1. The number of hydrogen-bond donors (Lipinski definition) is 2. The fourth-order valence-electron chi connectivity index (χ4n) is 7.04. The Labute approximate surface area is 238 Å². The minimum Gasteiger partial charge on any atom is -0.376 e. The van der Waals surface area contributed by atoms with Crippen molar-refractivity contribution in [3.05, 3.63) is 35.4 Å². The summed E-state index contributed by atoms with van der Waals surface area (Å²) in [4.78, 5) is 32.1. The van der Waals surface area contributed by atoms with Crippen molar-refractivity contribution in [3.63, 3.8) is 0 Å². The van der Waals surface area contributed by atoms with Gasteiger partial charge >= 0.3 is 0 Å². The van der Waals surface area contributed by atoms with Gasteiger partial charge in [0.15, 0.2) is 0 Å². The normalized spacial score (nSPS) is 27.0. The number of rotatable bonds is 7. The van der Waals surface area contributed by atoms with Crippen LogP contribution in [0.2, 0.25) is 0 Å². The molecule has 7 nitrogen and oxygen atoms in total. The molecule has 2 heterocycles. The van der Waals surface area contributed by atoms with Crippen LogP contribution in [0.4, 0.5) is 8.78 Å². The number of benzene rings is 1. The van der Waals surface area contributed by atoms with Crippen LogP contribution >= 0.6 is 0 Å². The number of nitrogens with zero attached hydrogens (tertiary/aromatic N) is 3. The number of carbonyl (C=O) groups excluding carboxylic acids is 2. The second-order valence-electron chi connectivity index (χ2n) is 13.3. The van der Waals surface area contributed by atoms with Crippen LogP contribution in [0.25, 0.3) is 0 Å². The third kappa shape index (κ3) is 7.21. The summed E-state index contributed by atoms with van der Waals surface area (Å²) in [5.74, 6) is -1.73. The van der Waals surface area contributed by atoms with Crippen LogP contribution in [0.15, 0.2) is 18.2 Å². The van der Waals surface area contributed by atoms with E-state index in [4.69, 9.17) is 0 Å². The second kappa shape index (κ2) is 12.8. The van der Waals surface area contributed by atoms with Crippen LogP contribution in [0.1, 0.15) is 84.6 Å². The van der Waals surface area contributed by atoms with E-state index in [1.165, 1.54) is 38.3 Å². The summed E-state index contributed by atoms with van der Waals surface area (Å²) in [7, 11) is 0. The first-order valence-corrected chi connectivity index (χ1v) is 15.0. The minimum absolute atomic E-state index is 0.0252. The minimum atomic E-state index is -0.825. The molecule has 3 fully saturated rings. The van der Waals surface area contributed by atoms with E-state index in [9.17, 15) is 23.5 Å². The Morgan fingerprint density at radius 1 is 1.07 bits per heavy atom. The second-order valence-corrected chi connectivity index (χ2v) is 13.3. The molecule has 1 saturated carbocycles. The maximum atomic E-state index is 14.9. The van der Waals surface area contributed by atoms with Gasteiger partial charge in [0, 0.05) is 63.2 Å². The van der Waals surface area contributed by atoms with E-state index in [2.05, 4.69) is 31.0 Å². The van der Waals surface area contributed by atoms with Crippen LogP contribution in [-0.4, -0.2) is 88.2 Å². The van der Waals surface area contributed by atoms with Gasteiger partial charge in [0.05, 0.1) is 12.0 Å². The van der Waals surface area contributed by atoms with Crippen LogP contribution in [-0.2, 0) is 9.59 Å². The van der Waals surface area contributed by atoms with Crippen molar-refractivity contribution in [2.45, 2.75) is 103 Å². The molecule has 1 aromatic carbocycles. The molecule has 2 amide bonds. The van der Waals surface area contributed by atoms with Gasteiger partial charge in [0.25, 0.3) is 0 Å². The average molecular weight is 563 g/mol. The van der Waals surface area contributed by atoms with Crippen molar-refractivity contribution in [2.24, 2.45) is 11.8 Å². The zero-order valence-corrected chi connectivity index (χ0v) is 24.8. The van der Waals surface area contributed by atoms with E-state index in [-0.39, 0.29) is 35.4 Å². The first-order chi connectivity index (χ1) is 18.8. The van der Waals surface area contributed by atoms with Gasteiger partial charge in [-0.05, 0) is 51.7 Å². The van der Waals surface area contributed by atoms with Crippen molar-refractivity contribution >= 4 is 11.8 Å². The Kier molecular flexibility index (Phi) is 9.89. The molecule has 0 bridgehead atoms. The van der Waals surface area contributed by atoms with Gasteiger partial charge in [-0.3, -0.25) is 19.4 Å². The standard InChI is InChI=1S/C31H48F2N4O3/c1-20-17-35(30(40)28(34-21(2)38)15-22-9-7-6-8-10-22)13-14-37(20)29(39)26-19-36(31(3,4)5)18-25(26)24-12-11-23(32)16-27(24)33/h11-12,16,20,22,25-26,28,30,40H,6-10,13-15,17-19H2,1-5H3,(H,34,38)/t20-,25-,26+,28-,30?/m0/s1. The highest BCUT2D eigenvalue weighted by molar-refractivity contribution is 5.81. The molecule has 4 rings (SSSR count). The zero-order chi connectivity index (χ0) is 29.2. The molecule has 224 valence electrons. The molecular weight excluding hydrogens is 514 g/mol. The van der Waals surface area contributed by atoms with Gasteiger partial charge in [-0.1, -0.05) is 38.2 Å². The first kappa shape index (κ1) is 30.8. The highest BCUT2D eigenvalue weighted by Gasteiger charge is 2.46. The molecule has 0 radical (unpaired) electrons. The Balaban J connectivity index is 1.46. The summed E-state index contributed by atoms with van der Waals surface area (Å²) in [6.07, 6.45) is 5.83. The molecule has 1 aliphatic carbocycles. The van der Waals surface area contributed by atoms with E-state index in [0.717, 1.165) is 25.3 Å². The lowest BCUT2D eigenvalue weighted by atomic mass is 9.84. The molecule has 0 spiro atoms. The van der Waals surface area contributed by atoms with Gasteiger partial charge in [-0.2, -0.15) is 0 Å². The van der Waals surface area contributed by atoms with E-state index in [1.54, 1.807) is 0 Å². The summed E-state index contributed by atoms with van der Waals surface area (Å²) >= 11 is 0. The average Bonchev–Trinajstić information content (AvgIpc) is 3.34. The number of hydrogen-bond acceptors (Lipinski definition) is 5. The number of amides is 2. The van der Waals surface area contributed by atoms with Gasteiger partial charge < -0.3 is 15.3 Å². The van der Waals surface area contributed by atoms with Crippen LogP contribution in [0.5, 0.6) is 0 Å². The third-order valence-corrected chi connectivity index (χ3v) is 9.32. The van der Waals surface area contributed by atoms with Gasteiger partial charge in [-0.15, -0.1) is 0 Å². The number of likely N-dealkylation sites (tertiary alicyclic amines) is 1. The number of nitrogens with one attached hydrogen (secondary N) is 1. The summed E-state index contributed by atoms with van der Waals surface area (Å²) in [6.45, 7) is 12.2. The van der Waals surface area contributed by atoms with Gasteiger partial charge in [0.1, 0.15) is 17.9 Å². The van der Waals surface area contributed by atoms with Crippen molar-refractivity contribution in [1.82, 2.24) is 20.0 Å². The molecular formula is C31H48F2N4O3. The maximum Gasteiger partial charge on any atom is 0.227 e. The third-order valence-electron chi connectivity index (χ3n) is 9.32. The summed E-state index contributed by atoms with van der Waals surface area (Å²) in [6, 6.07) is 3.13. The number of carbonyl (C=O) groups is 2. The largest absolute Gasteiger partial charge is 0.376 e. The lowest BCUT2D eigenvalue weighted by Crippen LogP contribution is -2.61. The van der Waals surface area contributed by atoms with Gasteiger partial charge in [0.2, 0.25) is 11.8 Å². The molecule has 40 heavy (non-hydrogen) atoms. The molecule has 2 aliphatic heterocycles. The van der Waals surface area contributed by atoms with Crippen LogP contribution < -0.4 is 5.32 Å². The highest BCUT2D eigenvalue weighted by Crippen LogP contribution is 2.39. The maximum absolute atomic E-state index is 14.9. The quantitative estimate of drug-likeness (QED) is 0.523. The Bertz CT molecular complexity index is 1040. The van der Waals surface area contributed by atoms with E-state index < -0.39 is 23.8 Å². The number of piperazine rings is 1. The van der Waals surface area contributed by atoms with Crippen molar-refractivity contribution in [2.75, 3.05) is 32.7 Å². The molecule has 1 aromatic rings. The Hall–Kier alpha value is -2.10. The predicted molar refractivity (Wildman–Crippen MR) is 151 cm³/mol. The van der Waals surface area contributed by atoms with E-state index >= 15 is 0 Å². The zero-order valence-electron chi connectivity index (χ0n) is 24.8. The number of halogens is 2. The fourth-order valence-corrected chi connectivity index (χ4v) is 7.04. The lowest BCUT2D eigenvalue weighted by molar-refractivity contribution is -0.144. The molecule has 9 heteroatoms. The Morgan fingerprint density at radius 2 is 1.77 bits per heavy atom. The molecule has 2 saturated heterocycles. The molecule has 1 unspecified atom stereocenters. The molecule has 5 atom stereocenters. The fraction of sp³-hybridized carbons (Fsp3) is 0.742. The number of aliphatic hydroxyl groups excluding tert-OH is 1. The first-order valence-electron chi connectivity index (χ1n) is 15.0. The summed E-state index contributed by atoms with van der Waals surface area (Å²) in [5.41, 5.74) is 0.184. The molecule has 3 aliphatic rings. The smallest absolute Gasteiger partial charge is 0.227 e. The Morgan fingerprint density at radius 3 is 2.38 bits per heavy atom. The van der Waals surface area contributed by atoms with Crippen LogP contribution in [0, 0.1) is 23.5 Å². The predicted octanol–water partition coefficient (Wildman–Crippen LogP) is 4.10. The van der Waals surface area contributed by atoms with Gasteiger partial charge in [-0.25, -0.2) is 8.78 Å². The van der Waals surface area contributed by atoms with Crippen molar-refractivity contribution in [1.29, 1.82) is 0 Å². The molecule has 2 N–H and O–H groups in total. The van der Waals surface area contributed by atoms with E-state index in [1.807, 2.05) is 16.7 Å². The topological polar surface area (TPSA) is 76.1 Å². The SMILES string of the molecule is CC(=O)N[C@@H](CC1CCCCC1)C(O)N1CCN(C(=O)[C@@H]2CN(C(C)(C)C)C[C@H]2c2ccc(F)cc2F)[C@@H](C)C1. The molecule has 0 aromatic heterocycles. The van der Waals surface area contributed by atoms with Crippen molar-refractivity contribution < 1.29 is 23.5 Å². The summed E-state index contributed by atoms with van der Waals surface area (Å²) < 4.78 is 28.6. The van der Waals surface area contributed by atoms with Crippen molar-refractivity contribution in [3.8, 4) is 0 Å². The summed E-state index contributed by atoms with van der Waals surface area (Å²) in [5, 5.41) is 14.4. The monoisotopic (exact) mass is 562 g/mol.